The number of carboxylic acids is 1. The van der Waals surface area contributed by atoms with Crippen molar-refractivity contribution < 1.29 is 46.8 Å². The smallest absolute Gasteiger partial charge is 0.362 e. The zero-order valence-corrected chi connectivity index (χ0v) is 22.0. The van der Waals surface area contributed by atoms with Gasteiger partial charge in [-0.2, -0.15) is 8.42 Å². The van der Waals surface area contributed by atoms with Crippen molar-refractivity contribution in [3.63, 3.8) is 0 Å². The molecule has 1 aromatic heterocycles. The number of aliphatic carboxylic acids is 1. The topological polar surface area (TPSA) is 267 Å². The number of rotatable bonds is 16. The molecule has 39 heavy (non-hydrogen) atoms. The molecular weight excluding hydrogens is 564 g/mol. The van der Waals surface area contributed by atoms with E-state index < -0.39 is 64.1 Å². The number of oxime groups is 1. The van der Waals surface area contributed by atoms with E-state index in [1.165, 1.54) is 12.5 Å². The van der Waals surface area contributed by atoms with E-state index in [9.17, 15) is 37.3 Å². The van der Waals surface area contributed by atoms with Crippen LogP contribution in [0.3, 0.4) is 0 Å². The molecule has 2 fully saturated rings. The van der Waals surface area contributed by atoms with Crippen LogP contribution < -0.4 is 16.4 Å². The number of ether oxygens (including phenoxy) is 1. The van der Waals surface area contributed by atoms with Crippen molar-refractivity contribution in [1.29, 1.82) is 5.41 Å². The third-order valence-corrected chi connectivity index (χ3v) is 7.50. The molecule has 1 saturated heterocycles. The first-order chi connectivity index (χ1) is 18.4. The summed E-state index contributed by atoms with van der Waals surface area (Å²) >= 11 is 0.944. The van der Waals surface area contributed by atoms with Crippen molar-refractivity contribution in [1.82, 2.24) is 24.8 Å². The first-order valence-corrected chi connectivity index (χ1v) is 13.4. The van der Waals surface area contributed by atoms with Crippen LogP contribution in [0.15, 0.2) is 10.5 Å². The van der Waals surface area contributed by atoms with Gasteiger partial charge in [-0.1, -0.05) is 5.16 Å². The molecule has 1 saturated carbocycles. The van der Waals surface area contributed by atoms with Crippen LogP contribution in [0.5, 0.6) is 0 Å². The number of aromatic nitrogens is 1. The molecule has 0 bridgehead atoms. The summed E-state index contributed by atoms with van der Waals surface area (Å²) in [6.45, 7) is -0.412. The second kappa shape index (κ2) is 11.9. The predicted molar refractivity (Wildman–Crippen MR) is 133 cm³/mol. The van der Waals surface area contributed by atoms with Gasteiger partial charge >= 0.3 is 16.3 Å². The quantitative estimate of drug-likeness (QED) is 0.0285. The fraction of sp³-hybridized carbons (Fsp3) is 0.526. The minimum Gasteiger partial charge on any atom is -0.478 e. The van der Waals surface area contributed by atoms with Crippen molar-refractivity contribution in [3.05, 3.63) is 11.1 Å². The van der Waals surface area contributed by atoms with Gasteiger partial charge in [-0.05, 0) is 0 Å². The van der Waals surface area contributed by atoms with E-state index >= 15 is 0 Å². The lowest BCUT2D eigenvalue weighted by Crippen LogP contribution is -2.74. The molecular formula is C19H26N8O10S2. The second-order valence-corrected chi connectivity index (χ2v) is 10.7. The maximum atomic E-state index is 13.1. The van der Waals surface area contributed by atoms with Gasteiger partial charge in [-0.25, -0.2) is 14.1 Å². The number of anilines is 1. The molecule has 7 N–H and O–H groups in total. The Morgan fingerprint density at radius 1 is 1.49 bits per heavy atom. The molecule has 0 radical (unpaired) electrons. The highest BCUT2D eigenvalue weighted by Crippen LogP contribution is 2.40. The summed E-state index contributed by atoms with van der Waals surface area (Å²) in [6.07, 6.45) is 0.931. The molecule has 18 nitrogen and oxygen atoms in total. The number of methoxy groups -OCH3 is 1. The van der Waals surface area contributed by atoms with Crippen molar-refractivity contribution in [2.45, 2.75) is 36.6 Å². The Balaban J connectivity index is 1.83. The molecule has 0 aromatic carbocycles. The number of amides is 3. The van der Waals surface area contributed by atoms with E-state index in [-0.39, 0.29) is 41.1 Å². The number of carbonyl (C=O) groups is 4. The predicted octanol–water partition coefficient (Wildman–Crippen LogP) is -2.77. The number of β-lactam (4-membered cyclic amide) rings is 1. The third-order valence-electron chi connectivity index (χ3n) is 5.88. The van der Waals surface area contributed by atoms with Crippen molar-refractivity contribution in [2.75, 3.05) is 32.5 Å². The molecule has 2 heterocycles. The molecule has 3 unspecified atom stereocenters. The summed E-state index contributed by atoms with van der Waals surface area (Å²) in [7, 11) is -3.71. The van der Waals surface area contributed by atoms with Crippen LogP contribution in [0.2, 0.25) is 0 Å². The molecule has 1 aromatic rings. The Bertz CT molecular complexity index is 1260. The number of thiazole rings is 1. The maximum absolute atomic E-state index is 13.1. The van der Waals surface area contributed by atoms with Crippen LogP contribution in [0, 0.1) is 5.41 Å². The van der Waals surface area contributed by atoms with Gasteiger partial charge in [0.1, 0.15) is 11.7 Å². The fourth-order valence-corrected chi connectivity index (χ4v) is 5.04. The van der Waals surface area contributed by atoms with E-state index in [2.05, 4.69) is 20.8 Å². The van der Waals surface area contributed by atoms with Crippen LogP contribution in [0.1, 0.15) is 18.5 Å². The zero-order chi connectivity index (χ0) is 29.0. The molecule has 1 aliphatic heterocycles. The van der Waals surface area contributed by atoms with E-state index in [4.69, 9.17) is 20.7 Å². The minimum atomic E-state index is -5.07. The monoisotopic (exact) mass is 590 g/mol. The van der Waals surface area contributed by atoms with E-state index in [0.29, 0.717) is 6.41 Å². The SMILES string of the molecule is COC(CNC=N)CN(C=O)CC1C(NC(=O)/C(=N\OC2(C(=O)O)CC2)c2csc(N)n2)C(=O)N1S(=O)(=O)O. The number of nitrogen functional groups attached to an aromatic ring is 1. The Kier molecular flexibility index (Phi) is 9.04. The van der Waals surface area contributed by atoms with Crippen molar-refractivity contribution in [2.24, 2.45) is 5.16 Å². The highest BCUT2D eigenvalue weighted by Gasteiger charge is 2.56. The average Bonchev–Trinajstić information content (AvgIpc) is 3.56. The molecule has 2 aliphatic rings. The fourth-order valence-electron chi connectivity index (χ4n) is 3.62. The molecule has 20 heteroatoms. The molecule has 3 amide bonds. The Morgan fingerprint density at radius 2 is 2.18 bits per heavy atom. The average molecular weight is 591 g/mol. The lowest BCUT2D eigenvalue weighted by Gasteiger charge is -2.45. The number of hydrogen-bond acceptors (Lipinski definition) is 13. The van der Waals surface area contributed by atoms with Crippen LogP contribution in [-0.4, -0.2) is 119 Å². The lowest BCUT2D eigenvalue weighted by atomic mass is 9.97. The number of carboxylic acid groups (broad SMARTS) is 1. The summed E-state index contributed by atoms with van der Waals surface area (Å²) in [5, 5.41) is 26.3. The Hall–Kier alpha value is -3.88. The molecule has 3 rings (SSSR count). The number of nitrogens with one attached hydrogen (secondary N) is 3. The van der Waals surface area contributed by atoms with Gasteiger partial charge in [0.05, 0.1) is 18.5 Å². The molecule has 0 spiro atoms. The lowest BCUT2D eigenvalue weighted by molar-refractivity contribution is -0.153. The summed E-state index contributed by atoms with van der Waals surface area (Å²) < 4.78 is 38.6. The molecule has 214 valence electrons. The summed E-state index contributed by atoms with van der Waals surface area (Å²) in [5.74, 6) is -3.57. The van der Waals surface area contributed by atoms with E-state index in [1.54, 1.807) is 0 Å². The van der Waals surface area contributed by atoms with Gasteiger partial charge in [0.15, 0.2) is 10.8 Å². The van der Waals surface area contributed by atoms with Crippen LogP contribution >= 0.6 is 11.3 Å². The first-order valence-electron chi connectivity index (χ1n) is 11.1. The maximum Gasteiger partial charge on any atom is 0.362 e. The Morgan fingerprint density at radius 3 is 2.67 bits per heavy atom. The summed E-state index contributed by atoms with van der Waals surface area (Å²) in [4.78, 5) is 59.0. The van der Waals surface area contributed by atoms with Crippen LogP contribution in [0.25, 0.3) is 0 Å². The first kappa shape index (κ1) is 29.7. The number of carbonyl (C=O) groups excluding carboxylic acids is 3. The molecule has 3 atom stereocenters. The standard InChI is InChI=1S/C19H26N8O10S2/c1-36-10(4-22-8-20)5-26(9-28)6-12-14(16(30)27(12)39(33,34)35)24-15(29)13(11-7-38-18(21)23-11)25-37-19(2-3-19)17(31)32/h7-10,12,14H,2-6H2,1H3,(H2,20,22)(H2,21,23)(H,24,29)(H,31,32)(H,33,34,35)/b25-13-. The normalized spacial score (nSPS) is 20.8. The second-order valence-electron chi connectivity index (χ2n) is 8.50. The minimum absolute atomic E-state index is 0.0480. The molecule has 1 aliphatic carbocycles. The number of nitrogens with zero attached hydrogens (tertiary/aromatic N) is 4. The Labute approximate surface area is 225 Å². The largest absolute Gasteiger partial charge is 0.478 e. The highest BCUT2D eigenvalue weighted by atomic mass is 32.2. The van der Waals surface area contributed by atoms with Gasteiger partial charge in [-0.3, -0.25) is 24.3 Å². The van der Waals surface area contributed by atoms with Gasteiger partial charge in [0.25, 0.3) is 11.8 Å². The van der Waals surface area contributed by atoms with E-state index in [0.717, 1.165) is 22.6 Å². The number of hydrogen-bond donors (Lipinski definition) is 6. The van der Waals surface area contributed by atoms with Crippen LogP contribution in [0.4, 0.5) is 5.13 Å². The summed E-state index contributed by atoms with van der Waals surface area (Å²) in [5.41, 5.74) is 3.39. The van der Waals surface area contributed by atoms with Crippen LogP contribution in [-0.2, 0) is 39.1 Å². The highest BCUT2D eigenvalue weighted by molar-refractivity contribution is 7.84. The van der Waals surface area contributed by atoms with Gasteiger partial charge in [-0.15, -0.1) is 11.3 Å². The van der Waals surface area contributed by atoms with Gasteiger partial charge in [0.2, 0.25) is 12.0 Å². The zero-order valence-electron chi connectivity index (χ0n) is 20.3. The van der Waals surface area contributed by atoms with E-state index in [1.807, 2.05) is 0 Å². The van der Waals surface area contributed by atoms with Crippen molar-refractivity contribution in [3.8, 4) is 0 Å². The van der Waals surface area contributed by atoms with Gasteiger partial charge in [0, 0.05) is 45.0 Å². The third kappa shape index (κ3) is 6.77. The van der Waals surface area contributed by atoms with Crippen molar-refractivity contribution >= 4 is 63.0 Å². The summed E-state index contributed by atoms with van der Waals surface area (Å²) in [6, 6.07) is -2.97. The van der Waals surface area contributed by atoms with Gasteiger partial charge < -0.3 is 35.9 Å². The number of nitrogens with two attached hydrogens (primary N) is 1.